The molecule has 4 heteroatoms. The standard InChI is InChI=1S/C13H18N4/c1-16-6-8-17(9-7-16)15-11-13-5-3-2-4-12(13)10-14/h2-5,15H,6-9,11H2,1H3. The third-order valence-electron chi connectivity index (χ3n) is 3.13. The third-order valence-corrected chi connectivity index (χ3v) is 3.13. The first kappa shape index (κ1) is 12.1. The van der Waals surface area contributed by atoms with Gasteiger partial charge in [0.25, 0.3) is 0 Å². The first-order valence-electron chi connectivity index (χ1n) is 5.94. The fourth-order valence-corrected chi connectivity index (χ4v) is 1.95. The van der Waals surface area contributed by atoms with Gasteiger partial charge in [-0.1, -0.05) is 18.2 Å². The topological polar surface area (TPSA) is 42.3 Å². The van der Waals surface area contributed by atoms with E-state index in [0.29, 0.717) is 0 Å². The predicted octanol–water partition coefficient (Wildman–Crippen LogP) is 0.810. The molecular weight excluding hydrogens is 212 g/mol. The second-order valence-corrected chi connectivity index (χ2v) is 4.39. The lowest BCUT2D eigenvalue weighted by molar-refractivity contribution is 0.102. The molecule has 90 valence electrons. The molecule has 17 heavy (non-hydrogen) atoms. The van der Waals surface area contributed by atoms with Crippen molar-refractivity contribution < 1.29 is 0 Å². The molecule has 0 amide bonds. The Bertz CT molecular complexity index is 402. The van der Waals surface area contributed by atoms with Gasteiger partial charge in [0.15, 0.2) is 0 Å². The maximum atomic E-state index is 8.99. The van der Waals surface area contributed by atoms with Crippen molar-refractivity contribution >= 4 is 0 Å². The zero-order chi connectivity index (χ0) is 12.1. The van der Waals surface area contributed by atoms with E-state index in [2.05, 4.69) is 28.5 Å². The van der Waals surface area contributed by atoms with E-state index in [9.17, 15) is 0 Å². The molecule has 0 spiro atoms. The number of rotatable bonds is 3. The molecule has 4 nitrogen and oxygen atoms in total. The van der Waals surface area contributed by atoms with Crippen molar-refractivity contribution in [1.29, 1.82) is 5.26 Å². The molecule has 0 aliphatic carbocycles. The van der Waals surface area contributed by atoms with Gasteiger partial charge in [-0.2, -0.15) is 5.26 Å². The van der Waals surface area contributed by atoms with Gasteiger partial charge in [0.2, 0.25) is 0 Å². The molecule has 1 fully saturated rings. The molecule has 0 saturated carbocycles. The Labute approximate surface area is 102 Å². The second kappa shape index (κ2) is 5.78. The minimum atomic E-state index is 0.730. The highest BCUT2D eigenvalue weighted by atomic mass is 15.5. The van der Waals surface area contributed by atoms with Crippen LogP contribution in [0.5, 0.6) is 0 Å². The maximum Gasteiger partial charge on any atom is 0.0995 e. The Morgan fingerprint density at radius 2 is 1.94 bits per heavy atom. The monoisotopic (exact) mass is 230 g/mol. The number of hydrogen-bond acceptors (Lipinski definition) is 4. The molecular formula is C13H18N4. The van der Waals surface area contributed by atoms with Crippen LogP contribution >= 0.6 is 0 Å². The van der Waals surface area contributed by atoms with Crippen LogP contribution in [0.1, 0.15) is 11.1 Å². The van der Waals surface area contributed by atoms with E-state index in [1.54, 1.807) is 0 Å². The highest BCUT2D eigenvalue weighted by molar-refractivity contribution is 5.37. The van der Waals surface area contributed by atoms with Gasteiger partial charge in [0.05, 0.1) is 11.6 Å². The fourth-order valence-electron chi connectivity index (χ4n) is 1.95. The zero-order valence-corrected chi connectivity index (χ0v) is 10.2. The predicted molar refractivity (Wildman–Crippen MR) is 67.1 cm³/mol. The van der Waals surface area contributed by atoms with E-state index >= 15 is 0 Å². The summed E-state index contributed by atoms with van der Waals surface area (Å²) in [6, 6.07) is 9.96. The fraction of sp³-hybridized carbons (Fsp3) is 0.462. The Hall–Kier alpha value is -1.41. The van der Waals surface area contributed by atoms with Crippen molar-refractivity contribution in [3.8, 4) is 6.07 Å². The molecule has 0 atom stereocenters. The minimum Gasteiger partial charge on any atom is -0.304 e. The van der Waals surface area contributed by atoms with Gasteiger partial charge >= 0.3 is 0 Å². The third kappa shape index (κ3) is 3.27. The van der Waals surface area contributed by atoms with Gasteiger partial charge in [-0.15, -0.1) is 0 Å². The summed E-state index contributed by atoms with van der Waals surface area (Å²) >= 11 is 0. The summed E-state index contributed by atoms with van der Waals surface area (Å²) in [6.45, 7) is 4.98. The van der Waals surface area contributed by atoms with Gasteiger partial charge in [-0.25, -0.2) is 5.01 Å². The SMILES string of the molecule is CN1CCN(NCc2ccccc2C#N)CC1. The first-order chi connectivity index (χ1) is 8.29. The molecule has 2 rings (SSSR count). The summed E-state index contributed by atoms with van der Waals surface area (Å²) in [4.78, 5) is 2.32. The number of hydrogen-bond donors (Lipinski definition) is 1. The lowest BCUT2D eigenvalue weighted by atomic mass is 10.1. The average Bonchev–Trinajstić information content (AvgIpc) is 2.38. The normalized spacial score (nSPS) is 17.9. The lowest BCUT2D eigenvalue weighted by Gasteiger charge is -2.32. The summed E-state index contributed by atoms with van der Waals surface area (Å²) in [5.74, 6) is 0. The number of benzene rings is 1. The summed E-state index contributed by atoms with van der Waals surface area (Å²) in [5.41, 5.74) is 5.21. The summed E-state index contributed by atoms with van der Waals surface area (Å²) < 4.78 is 0. The molecule has 1 aliphatic rings. The van der Waals surface area contributed by atoms with Gasteiger partial charge in [-0.05, 0) is 18.7 Å². The molecule has 1 aliphatic heterocycles. The van der Waals surface area contributed by atoms with Crippen LogP contribution in [0.4, 0.5) is 0 Å². The van der Waals surface area contributed by atoms with Crippen LogP contribution in [-0.4, -0.2) is 43.1 Å². The summed E-state index contributed by atoms with van der Waals surface area (Å²) in [6.07, 6.45) is 0. The lowest BCUT2D eigenvalue weighted by Crippen LogP contribution is -2.50. The average molecular weight is 230 g/mol. The van der Waals surface area contributed by atoms with Crippen LogP contribution in [0.25, 0.3) is 0 Å². The molecule has 1 N–H and O–H groups in total. The number of hydrazine groups is 1. The van der Waals surface area contributed by atoms with Crippen molar-refractivity contribution in [2.24, 2.45) is 0 Å². The first-order valence-corrected chi connectivity index (χ1v) is 5.94. The number of likely N-dealkylation sites (N-methyl/N-ethyl adjacent to an activating group) is 1. The molecule has 1 heterocycles. The van der Waals surface area contributed by atoms with Crippen LogP contribution in [-0.2, 0) is 6.54 Å². The molecule has 1 aromatic carbocycles. The summed E-state index contributed by atoms with van der Waals surface area (Å²) in [7, 11) is 2.14. The van der Waals surface area contributed by atoms with Crippen LogP contribution in [0.3, 0.4) is 0 Å². The zero-order valence-electron chi connectivity index (χ0n) is 10.2. The van der Waals surface area contributed by atoms with Crippen molar-refractivity contribution in [3.63, 3.8) is 0 Å². The largest absolute Gasteiger partial charge is 0.304 e. The molecule has 1 aromatic rings. The van der Waals surface area contributed by atoms with Crippen LogP contribution < -0.4 is 5.43 Å². The molecule has 0 radical (unpaired) electrons. The van der Waals surface area contributed by atoms with Gasteiger partial charge in [0.1, 0.15) is 0 Å². The Kier molecular flexibility index (Phi) is 4.10. The smallest absolute Gasteiger partial charge is 0.0995 e. The van der Waals surface area contributed by atoms with E-state index < -0.39 is 0 Å². The number of nitrogens with one attached hydrogen (secondary N) is 1. The quantitative estimate of drug-likeness (QED) is 0.834. The van der Waals surface area contributed by atoms with Crippen LogP contribution in [0.15, 0.2) is 24.3 Å². The van der Waals surface area contributed by atoms with Crippen molar-refractivity contribution in [2.45, 2.75) is 6.54 Å². The van der Waals surface area contributed by atoms with Gasteiger partial charge in [0, 0.05) is 32.7 Å². The molecule has 0 bridgehead atoms. The van der Waals surface area contributed by atoms with E-state index in [-0.39, 0.29) is 0 Å². The van der Waals surface area contributed by atoms with Gasteiger partial charge in [-0.3, -0.25) is 5.43 Å². The molecule has 0 unspecified atom stereocenters. The highest BCUT2D eigenvalue weighted by Crippen LogP contribution is 2.07. The minimum absolute atomic E-state index is 0.730. The van der Waals surface area contributed by atoms with E-state index in [4.69, 9.17) is 5.26 Å². The number of piperazine rings is 1. The molecule has 1 saturated heterocycles. The Balaban J connectivity index is 1.88. The van der Waals surface area contributed by atoms with E-state index in [0.717, 1.165) is 43.9 Å². The Morgan fingerprint density at radius 1 is 1.24 bits per heavy atom. The summed E-state index contributed by atoms with van der Waals surface area (Å²) in [5, 5.41) is 11.2. The van der Waals surface area contributed by atoms with Gasteiger partial charge < -0.3 is 4.90 Å². The number of nitriles is 1. The van der Waals surface area contributed by atoms with Crippen molar-refractivity contribution in [2.75, 3.05) is 33.2 Å². The van der Waals surface area contributed by atoms with E-state index in [1.165, 1.54) is 0 Å². The second-order valence-electron chi connectivity index (χ2n) is 4.39. The number of nitrogens with zero attached hydrogens (tertiary/aromatic N) is 3. The Morgan fingerprint density at radius 3 is 2.65 bits per heavy atom. The van der Waals surface area contributed by atoms with Crippen LogP contribution in [0.2, 0.25) is 0 Å². The van der Waals surface area contributed by atoms with Crippen molar-refractivity contribution in [1.82, 2.24) is 15.3 Å². The maximum absolute atomic E-state index is 8.99. The van der Waals surface area contributed by atoms with Crippen molar-refractivity contribution in [3.05, 3.63) is 35.4 Å². The van der Waals surface area contributed by atoms with Crippen LogP contribution in [0, 0.1) is 11.3 Å². The highest BCUT2D eigenvalue weighted by Gasteiger charge is 2.13. The van der Waals surface area contributed by atoms with E-state index in [1.807, 2.05) is 24.3 Å². The molecule has 0 aromatic heterocycles.